The van der Waals surface area contributed by atoms with Gasteiger partial charge in [-0.15, -0.1) is 0 Å². The lowest BCUT2D eigenvalue weighted by Gasteiger charge is -2.52. The SMILES string of the molecule is Cc1nocc1C(=O)N1CCN2C(=O)c3ccc(Cl)n3CC12C1CCOCC1. The van der Waals surface area contributed by atoms with Crippen molar-refractivity contribution in [3.8, 4) is 0 Å². The van der Waals surface area contributed by atoms with Crippen molar-refractivity contribution in [3.05, 3.63) is 40.5 Å². The Hall–Kier alpha value is -2.32. The molecule has 3 aliphatic heterocycles. The number of ether oxygens (including phenoxy) is 1. The Morgan fingerprint density at radius 2 is 2.07 bits per heavy atom. The summed E-state index contributed by atoms with van der Waals surface area (Å²) in [5.74, 6) is -0.141. The van der Waals surface area contributed by atoms with Crippen molar-refractivity contribution >= 4 is 23.4 Å². The van der Waals surface area contributed by atoms with Crippen molar-refractivity contribution in [1.29, 1.82) is 0 Å². The first kappa shape index (κ1) is 17.8. The van der Waals surface area contributed by atoms with E-state index in [-0.39, 0.29) is 17.7 Å². The van der Waals surface area contributed by atoms with Gasteiger partial charge in [0.15, 0.2) is 0 Å². The summed E-state index contributed by atoms with van der Waals surface area (Å²) in [7, 11) is 0. The number of aromatic nitrogens is 2. The Morgan fingerprint density at radius 3 is 2.79 bits per heavy atom. The lowest BCUT2D eigenvalue weighted by Crippen LogP contribution is -2.67. The third-order valence-corrected chi connectivity index (χ3v) is 6.70. The van der Waals surface area contributed by atoms with Gasteiger partial charge >= 0.3 is 0 Å². The summed E-state index contributed by atoms with van der Waals surface area (Å²) in [5.41, 5.74) is 0.790. The van der Waals surface area contributed by atoms with Gasteiger partial charge in [0, 0.05) is 32.2 Å². The molecule has 1 unspecified atom stereocenters. The second-order valence-electron chi connectivity index (χ2n) is 7.62. The predicted octanol–water partition coefficient (Wildman–Crippen LogP) is 2.17. The van der Waals surface area contributed by atoms with E-state index in [2.05, 4.69) is 5.16 Å². The fourth-order valence-corrected chi connectivity index (χ4v) is 5.21. The molecule has 0 bridgehead atoms. The lowest BCUT2D eigenvalue weighted by atomic mass is 9.82. The molecule has 5 rings (SSSR count). The molecule has 0 spiro atoms. The Labute approximate surface area is 166 Å². The fraction of sp³-hybridized carbons (Fsp3) is 0.526. The highest BCUT2D eigenvalue weighted by molar-refractivity contribution is 6.30. The first-order valence-electron chi connectivity index (χ1n) is 9.51. The van der Waals surface area contributed by atoms with Gasteiger partial charge in [0.05, 0.1) is 12.2 Å². The summed E-state index contributed by atoms with van der Waals surface area (Å²) in [6.45, 7) is 4.41. The first-order valence-corrected chi connectivity index (χ1v) is 9.89. The summed E-state index contributed by atoms with van der Waals surface area (Å²) < 4.78 is 12.4. The van der Waals surface area contributed by atoms with Gasteiger partial charge in [-0.2, -0.15) is 0 Å². The molecular weight excluding hydrogens is 384 g/mol. The number of halogens is 1. The van der Waals surface area contributed by atoms with Gasteiger partial charge in [0.1, 0.15) is 28.3 Å². The number of fused-ring (bicyclic) bond motifs is 2. The van der Waals surface area contributed by atoms with Crippen LogP contribution < -0.4 is 0 Å². The maximum atomic E-state index is 13.5. The van der Waals surface area contributed by atoms with Crippen molar-refractivity contribution in [2.24, 2.45) is 5.92 Å². The summed E-state index contributed by atoms with van der Waals surface area (Å²) in [4.78, 5) is 30.5. The van der Waals surface area contributed by atoms with E-state index in [0.29, 0.717) is 55.0 Å². The van der Waals surface area contributed by atoms with E-state index in [1.54, 1.807) is 19.1 Å². The lowest BCUT2D eigenvalue weighted by molar-refractivity contribution is -0.0714. The molecule has 2 aromatic rings. The smallest absolute Gasteiger partial charge is 0.272 e. The zero-order chi connectivity index (χ0) is 19.5. The molecule has 5 heterocycles. The van der Waals surface area contributed by atoms with E-state index < -0.39 is 5.66 Å². The molecule has 2 amide bonds. The minimum atomic E-state index is -0.767. The molecule has 2 saturated heterocycles. The molecule has 0 N–H and O–H groups in total. The minimum absolute atomic E-state index is 0.0815. The van der Waals surface area contributed by atoms with E-state index in [1.807, 2.05) is 14.4 Å². The van der Waals surface area contributed by atoms with E-state index in [9.17, 15) is 9.59 Å². The van der Waals surface area contributed by atoms with Crippen molar-refractivity contribution in [3.63, 3.8) is 0 Å². The summed E-state index contributed by atoms with van der Waals surface area (Å²) >= 11 is 6.41. The molecule has 2 aromatic heterocycles. The number of rotatable bonds is 2. The summed E-state index contributed by atoms with van der Waals surface area (Å²) in [6, 6.07) is 3.50. The molecular formula is C19H21ClN4O4. The Kier molecular flexibility index (Phi) is 4.03. The molecule has 3 aliphatic rings. The molecule has 0 aliphatic carbocycles. The van der Waals surface area contributed by atoms with Crippen LogP contribution in [-0.4, -0.2) is 63.3 Å². The number of nitrogens with zero attached hydrogens (tertiary/aromatic N) is 4. The minimum Gasteiger partial charge on any atom is -0.381 e. The highest BCUT2D eigenvalue weighted by Gasteiger charge is 2.59. The Bertz CT molecular complexity index is 948. The van der Waals surface area contributed by atoms with Crippen molar-refractivity contribution < 1.29 is 18.8 Å². The van der Waals surface area contributed by atoms with Gasteiger partial charge in [0.25, 0.3) is 11.8 Å². The Morgan fingerprint density at radius 1 is 1.29 bits per heavy atom. The summed E-state index contributed by atoms with van der Waals surface area (Å²) in [5, 5.41) is 4.36. The third-order valence-electron chi connectivity index (χ3n) is 6.37. The Balaban J connectivity index is 1.64. The fourth-order valence-electron chi connectivity index (χ4n) is 4.99. The van der Waals surface area contributed by atoms with Crippen molar-refractivity contribution in [2.45, 2.75) is 32.0 Å². The monoisotopic (exact) mass is 404 g/mol. The van der Waals surface area contributed by atoms with E-state index in [1.165, 1.54) is 6.26 Å². The van der Waals surface area contributed by atoms with Crippen molar-refractivity contribution in [2.75, 3.05) is 26.3 Å². The molecule has 148 valence electrons. The summed E-state index contributed by atoms with van der Waals surface area (Å²) in [6.07, 6.45) is 2.95. The maximum absolute atomic E-state index is 13.5. The maximum Gasteiger partial charge on any atom is 0.272 e. The molecule has 0 aromatic carbocycles. The quantitative estimate of drug-likeness (QED) is 0.766. The normalized spacial score (nSPS) is 25.1. The van der Waals surface area contributed by atoms with Gasteiger partial charge in [0.2, 0.25) is 0 Å². The van der Waals surface area contributed by atoms with Crippen LogP contribution >= 0.6 is 11.6 Å². The van der Waals surface area contributed by atoms with Crippen LogP contribution in [0.5, 0.6) is 0 Å². The number of carbonyl (C=O) groups is 2. The number of hydrogen-bond donors (Lipinski definition) is 0. The standard InChI is InChI=1S/C19H21ClN4O4/c1-12-14(10-28-21-12)17(25)23-6-7-24-18(26)15-2-3-16(20)22(15)11-19(23,24)13-4-8-27-9-5-13/h2-3,10,13H,4-9,11H2,1H3. The molecule has 0 saturated carbocycles. The zero-order valence-corrected chi connectivity index (χ0v) is 16.3. The van der Waals surface area contributed by atoms with Gasteiger partial charge < -0.3 is 23.6 Å². The van der Waals surface area contributed by atoms with Crippen LogP contribution in [0.15, 0.2) is 22.9 Å². The number of aryl methyl sites for hydroxylation is 1. The van der Waals surface area contributed by atoms with Gasteiger partial charge in [-0.1, -0.05) is 16.8 Å². The van der Waals surface area contributed by atoms with E-state index >= 15 is 0 Å². The molecule has 2 fully saturated rings. The number of amides is 2. The zero-order valence-electron chi connectivity index (χ0n) is 15.6. The van der Waals surface area contributed by atoms with E-state index in [4.69, 9.17) is 20.9 Å². The van der Waals surface area contributed by atoms with Crippen LogP contribution in [0.3, 0.4) is 0 Å². The van der Waals surface area contributed by atoms with Crippen LogP contribution in [0.25, 0.3) is 0 Å². The van der Waals surface area contributed by atoms with E-state index in [0.717, 1.165) is 12.8 Å². The topological polar surface area (TPSA) is 80.8 Å². The van der Waals surface area contributed by atoms with Crippen LogP contribution in [0.4, 0.5) is 0 Å². The third kappa shape index (κ3) is 2.31. The van der Waals surface area contributed by atoms with Gasteiger partial charge in [-0.25, -0.2) is 0 Å². The predicted molar refractivity (Wildman–Crippen MR) is 99.0 cm³/mol. The largest absolute Gasteiger partial charge is 0.381 e. The highest BCUT2D eigenvalue weighted by Crippen LogP contribution is 2.45. The molecule has 9 heteroatoms. The van der Waals surface area contributed by atoms with Gasteiger partial charge in [-0.3, -0.25) is 9.59 Å². The molecule has 28 heavy (non-hydrogen) atoms. The number of hydrogen-bond acceptors (Lipinski definition) is 5. The van der Waals surface area contributed by atoms with Crippen LogP contribution in [-0.2, 0) is 11.3 Å². The molecule has 1 atom stereocenters. The van der Waals surface area contributed by atoms with Gasteiger partial charge in [-0.05, 0) is 31.9 Å². The number of carbonyl (C=O) groups excluding carboxylic acids is 2. The molecule has 0 radical (unpaired) electrons. The first-order chi connectivity index (χ1) is 13.5. The second kappa shape index (κ2) is 6.35. The average Bonchev–Trinajstić information content (AvgIpc) is 3.40. The van der Waals surface area contributed by atoms with Crippen molar-refractivity contribution in [1.82, 2.24) is 19.5 Å². The van der Waals surface area contributed by atoms with Crippen LogP contribution in [0.1, 0.15) is 39.4 Å². The second-order valence-corrected chi connectivity index (χ2v) is 8.01. The molecule has 8 nitrogen and oxygen atoms in total. The average molecular weight is 405 g/mol. The highest BCUT2D eigenvalue weighted by atomic mass is 35.5. The van der Waals surface area contributed by atoms with Crippen LogP contribution in [0, 0.1) is 12.8 Å². The van der Waals surface area contributed by atoms with Crippen LogP contribution in [0.2, 0.25) is 5.15 Å².